The number of carbonyl (C=O) groups excluding carboxylic acids is 1. The minimum atomic E-state index is -1.83. The molecule has 21 heavy (non-hydrogen) atoms. The highest BCUT2D eigenvalue weighted by molar-refractivity contribution is 6.74. The molecule has 0 aromatic carbocycles. The summed E-state index contributed by atoms with van der Waals surface area (Å²) in [5.41, 5.74) is 4.70. The van der Waals surface area contributed by atoms with Crippen molar-refractivity contribution in [2.45, 2.75) is 78.3 Å². The summed E-state index contributed by atoms with van der Waals surface area (Å²) in [6.45, 7) is 17.0. The van der Waals surface area contributed by atoms with E-state index >= 15 is 0 Å². The third kappa shape index (κ3) is 6.80. The number of hydrogen-bond acceptors (Lipinski definition) is 4. The van der Waals surface area contributed by atoms with Gasteiger partial charge in [0.05, 0.1) is 6.10 Å². The fourth-order valence-electron chi connectivity index (χ4n) is 1.76. The average molecular weight is 320 g/mol. The highest BCUT2D eigenvalue weighted by Gasteiger charge is 2.38. The SMILES string of the molecule is CC(C)(C)C(OC(N)=O)C(O)CCO[Si](C)(C)C(C)(C)C. The third-order valence-corrected chi connectivity index (χ3v) is 8.67. The minimum Gasteiger partial charge on any atom is -0.443 e. The van der Waals surface area contributed by atoms with Crippen molar-refractivity contribution in [2.24, 2.45) is 11.1 Å². The Morgan fingerprint density at radius 1 is 1.19 bits per heavy atom. The van der Waals surface area contributed by atoms with Crippen LogP contribution in [0, 0.1) is 5.41 Å². The standard InChI is InChI=1S/C15H33NO4Si/c1-14(2,3)12(20-13(16)18)11(17)9-10-19-21(7,8)15(4,5)6/h11-12,17H,9-10H2,1-8H3,(H2,16,18). The monoisotopic (exact) mass is 319 g/mol. The van der Waals surface area contributed by atoms with Crippen molar-refractivity contribution in [3.05, 3.63) is 0 Å². The lowest BCUT2D eigenvalue weighted by atomic mass is 9.85. The predicted octanol–water partition coefficient (Wildman–Crippen LogP) is 3.27. The molecule has 0 aromatic rings. The second-order valence-corrected chi connectivity index (χ2v) is 13.0. The van der Waals surface area contributed by atoms with E-state index < -0.39 is 26.6 Å². The molecule has 6 heteroatoms. The van der Waals surface area contributed by atoms with Crippen LogP contribution in [0.2, 0.25) is 18.1 Å². The molecular weight excluding hydrogens is 286 g/mol. The van der Waals surface area contributed by atoms with Crippen LogP contribution in [0.4, 0.5) is 4.79 Å². The summed E-state index contributed by atoms with van der Waals surface area (Å²) >= 11 is 0. The highest BCUT2D eigenvalue weighted by Crippen LogP contribution is 2.36. The van der Waals surface area contributed by atoms with Gasteiger partial charge < -0.3 is 20.0 Å². The molecule has 2 unspecified atom stereocenters. The van der Waals surface area contributed by atoms with E-state index in [0.29, 0.717) is 13.0 Å². The molecule has 3 N–H and O–H groups in total. The van der Waals surface area contributed by atoms with Crippen LogP contribution in [0.5, 0.6) is 0 Å². The van der Waals surface area contributed by atoms with Crippen LogP contribution in [-0.2, 0) is 9.16 Å². The zero-order valence-electron chi connectivity index (χ0n) is 14.8. The van der Waals surface area contributed by atoms with Gasteiger partial charge in [-0.3, -0.25) is 0 Å². The maximum Gasteiger partial charge on any atom is 0.404 e. The van der Waals surface area contributed by atoms with Gasteiger partial charge in [0.2, 0.25) is 0 Å². The number of amides is 1. The Balaban J connectivity index is 4.59. The van der Waals surface area contributed by atoms with Crippen molar-refractivity contribution >= 4 is 14.4 Å². The van der Waals surface area contributed by atoms with Gasteiger partial charge in [-0.15, -0.1) is 0 Å². The summed E-state index contributed by atoms with van der Waals surface area (Å²) in [5.74, 6) is 0. The first kappa shape index (κ1) is 20.4. The van der Waals surface area contributed by atoms with E-state index in [1.165, 1.54) is 0 Å². The molecule has 0 saturated carbocycles. The van der Waals surface area contributed by atoms with Crippen molar-refractivity contribution < 1.29 is 19.1 Å². The number of ether oxygens (including phenoxy) is 1. The molecule has 0 radical (unpaired) electrons. The van der Waals surface area contributed by atoms with Crippen LogP contribution in [0.3, 0.4) is 0 Å². The quantitative estimate of drug-likeness (QED) is 0.736. The second kappa shape index (κ2) is 7.11. The molecule has 0 aliphatic carbocycles. The summed E-state index contributed by atoms with van der Waals surface area (Å²) in [7, 11) is -1.83. The average Bonchev–Trinajstić information content (AvgIpc) is 2.21. The molecule has 0 spiro atoms. The lowest BCUT2D eigenvalue weighted by Crippen LogP contribution is -2.45. The zero-order valence-corrected chi connectivity index (χ0v) is 15.8. The number of aliphatic hydroxyl groups excluding tert-OH is 1. The number of primary amides is 1. The predicted molar refractivity (Wildman–Crippen MR) is 87.7 cm³/mol. The smallest absolute Gasteiger partial charge is 0.404 e. The number of rotatable bonds is 6. The summed E-state index contributed by atoms with van der Waals surface area (Å²) < 4.78 is 11.1. The number of aliphatic hydroxyl groups is 1. The Morgan fingerprint density at radius 3 is 2.00 bits per heavy atom. The number of carbonyl (C=O) groups is 1. The van der Waals surface area contributed by atoms with Crippen LogP contribution in [0.1, 0.15) is 48.0 Å². The Labute approximate surface area is 130 Å². The van der Waals surface area contributed by atoms with Crippen molar-refractivity contribution in [1.82, 2.24) is 0 Å². The molecule has 0 fully saturated rings. The molecule has 0 bridgehead atoms. The summed E-state index contributed by atoms with van der Waals surface area (Å²) in [6, 6.07) is 0. The van der Waals surface area contributed by atoms with Crippen LogP contribution in [-0.4, -0.2) is 38.3 Å². The molecule has 5 nitrogen and oxygen atoms in total. The van der Waals surface area contributed by atoms with E-state index in [2.05, 4.69) is 33.9 Å². The molecule has 0 saturated heterocycles. The maximum absolute atomic E-state index is 11.0. The zero-order chi connectivity index (χ0) is 17.1. The van der Waals surface area contributed by atoms with Gasteiger partial charge in [0.25, 0.3) is 0 Å². The van der Waals surface area contributed by atoms with Crippen molar-refractivity contribution in [1.29, 1.82) is 0 Å². The topological polar surface area (TPSA) is 81.8 Å². The van der Waals surface area contributed by atoms with Crippen molar-refractivity contribution in [3.8, 4) is 0 Å². The molecule has 2 atom stereocenters. The van der Waals surface area contributed by atoms with Crippen LogP contribution >= 0.6 is 0 Å². The van der Waals surface area contributed by atoms with Gasteiger partial charge >= 0.3 is 6.09 Å². The largest absolute Gasteiger partial charge is 0.443 e. The fraction of sp³-hybridized carbons (Fsp3) is 0.933. The van der Waals surface area contributed by atoms with Crippen molar-refractivity contribution in [3.63, 3.8) is 0 Å². The highest BCUT2D eigenvalue weighted by atomic mass is 28.4. The Kier molecular flexibility index (Phi) is 6.91. The van der Waals surface area contributed by atoms with E-state index in [1.54, 1.807) is 0 Å². The first-order chi connectivity index (χ1) is 9.18. The van der Waals surface area contributed by atoms with E-state index in [0.717, 1.165) is 0 Å². The normalized spacial score (nSPS) is 16.4. The van der Waals surface area contributed by atoms with Gasteiger partial charge in [0.1, 0.15) is 6.10 Å². The molecular formula is C15H33NO4Si. The lowest BCUT2D eigenvalue weighted by molar-refractivity contribution is -0.0576. The lowest BCUT2D eigenvalue weighted by Gasteiger charge is -2.37. The van der Waals surface area contributed by atoms with E-state index in [1.807, 2.05) is 20.8 Å². The first-order valence-corrected chi connectivity index (χ1v) is 10.4. The third-order valence-electron chi connectivity index (χ3n) is 4.13. The Bertz CT molecular complexity index is 345. The van der Waals surface area contributed by atoms with Gasteiger partial charge in [-0.2, -0.15) is 0 Å². The summed E-state index contributed by atoms with van der Waals surface area (Å²) in [5, 5.41) is 10.4. The van der Waals surface area contributed by atoms with Crippen LogP contribution in [0.15, 0.2) is 0 Å². The van der Waals surface area contributed by atoms with Gasteiger partial charge in [0, 0.05) is 12.0 Å². The first-order valence-electron chi connectivity index (χ1n) is 7.46. The molecule has 0 rings (SSSR count). The van der Waals surface area contributed by atoms with E-state index in [4.69, 9.17) is 14.9 Å². The van der Waals surface area contributed by atoms with Crippen molar-refractivity contribution in [2.75, 3.05) is 6.61 Å². The molecule has 126 valence electrons. The van der Waals surface area contributed by atoms with Crippen LogP contribution in [0.25, 0.3) is 0 Å². The summed E-state index contributed by atoms with van der Waals surface area (Å²) in [4.78, 5) is 11.0. The van der Waals surface area contributed by atoms with Gasteiger partial charge in [0.15, 0.2) is 8.32 Å². The number of hydrogen-bond donors (Lipinski definition) is 2. The molecule has 0 aliphatic rings. The van der Waals surface area contributed by atoms with Gasteiger partial charge in [-0.25, -0.2) is 4.79 Å². The van der Waals surface area contributed by atoms with Gasteiger partial charge in [-0.05, 0) is 24.6 Å². The molecule has 1 amide bonds. The van der Waals surface area contributed by atoms with E-state index in [9.17, 15) is 9.90 Å². The second-order valence-electron chi connectivity index (χ2n) is 8.19. The molecule has 0 aliphatic heterocycles. The number of nitrogens with two attached hydrogens (primary N) is 1. The molecule has 0 aromatic heterocycles. The van der Waals surface area contributed by atoms with E-state index in [-0.39, 0.29) is 10.5 Å². The van der Waals surface area contributed by atoms with Crippen LogP contribution < -0.4 is 5.73 Å². The Morgan fingerprint density at radius 2 is 1.67 bits per heavy atom. The Hall–Kier alpha value is -0.593. The minimum absolute atomic E-state index is 0.130. The summed E-state index contributed by atoms with van der Waals surface area (Å²) in [6.07, 6.45) is -1.87. The molecule has 0 heterocycles. The fourth-order valence-corrected chi connectivity index (χ4v) is 2.82. The maximum atomic E-state index is 11.0. The van der Waals surface area contributed by atoms with Gasteiger partial charge in [-0.1, -0.05) is 41.5 Å².